The number of aliphatic hydroxyl groups excluding tert-OH is 1. The summed E-state index contributed by atoms with van der Waals surface area (Å²) >= 11 is 5.98. The summed E-state index contributed by atoms with van der Waals surface area (Å²) in [6.45, 7) is 4.78. The minimum atomic E-state index is -0.436. The molecule has 2 N–H and O–H groups in total. The summed E-state index contributed by atoms with van der Waals surface area (Å²) in [6.07, 6.45) is -0.436. The van der Waals surface area contributed by atoms with Gasteiger partial charge in [-0.05, 0) is 20.9 Å². The van der Waals surface area contributed by atoms with Gasteiger partial charge in [-0.15, -0.1) is 0 Å². The Bertz CT molecular complexity index is 311. The molecule has 1 atom stereocenters. The summed E-state index contributed by atoms with van der Waals surface area (Å²) in [5.74, 6) is 0. The lowest BCUT2D eigenvalue weighted by Gasteiger charge is -2.10. The van der Waals surface area contributed by atoms with Gasteiger partial charge in [-0.3, -0.25) is 4.68 Å². The molecular weight excluding hydrogens is 202 g/mol. The van der Waals surface area contributed by atoms with Crippen molar-refractivity contribution in [2.45, 2.75) is 26.5 Å². The average molecular weight is 218 g/mol. The van der Waals surface area contributed by atoms with Crippen molar-refractivity contribution in [3.63, 3.8) is 0 Å². The summed E-state index contributed by atoms with van der Waals surface area (Å²) in [4.78, 5) is 0. The Morgan fingerprint density at radius 1 is 1.57 bits per heavy atom. The van der Waals surface area contributed by atoms with Crippen LogP contribution < -0.4 is 5.32 Å². The Morgan fingerprint density at radius 2 is 2.21 bits per heavy atom. The van der Waals surface area contributed by atoms with E-state index in [9.17, 15) is 5.11 Å². The molecule has 80 valence electrons. The largest absolute Gasteiger partial charge is 0.390 e. The predicted octanol–water partition coefficient (Wildman–Crippen LogP) is 0.734. The van der Waals surface area contributed by atoms with Gasteiger partial charge in [0.2, 0.25) is 0 Å². The molecule has 0 saturated carbocycles. The van der Waals surface area contributed by atoms with Gasteiger partial charge in [0, 0.05) is 6.54 Å². The fourth-order valence-electron chi connectivity index (χ4n) is 1.35. The van der Waals surface area contributed by atoms with Crippen LogP contribution in [-0.4, -0.2) is 34.6 Å². The molecule has 0 saturated heterocycles. The lowest BCUT2D eigenvalue weighted by molar-refractivity contribution is 0.148. The van der Waals surface area contributed by atoms with E-state index in [2.05, 4.69) is 10.4 Å². The van der Waals surface area contributed by atoms with Crippen molar-refractivity contribution in [3.8, 4) is 0 Å². The van der Waals surface area contributed by atoms with E-state index in [1.807, 2.05) is 13.8 Å². The van der Waals surface area contributed by atoms with Crippen LogP contribution in [0.15, 0.2) is 0 Å². The molecule has 1 heterocycles. The molecule has 0 bridgehead atoms. The van der Waals surface area contributed by atoms with Gasteiger partial charge in [0.25, 0.3) is 0 Å². The average Bonchev–Trinajstić information content (AvgIpc) is 2.34. The fourth-order valence-corrected chi connectivity index (χ4v) is 1.49. The van der Waals surface area contributed by atoms with Crippen molar-refractivity contribution in [2.24, 2.45) is 0 Å². The zero-order valence-corrected chi connectivity index (χ0v) is 9.47. The van der Waals surface area contributed by atoms with E-state index in [1.54, 1.807) is 11.7 Å². The summed E-state index contributed by atoms with van der Waals surface area (Å²) in [7, 11) is 1.80. The summed E-state index contributed by atoms with van der Waals surface area (Å²) < 4.78 is 1.74. The van der Waals surface area contributed by atoms with Crippen molar-refractivity contribution >= 4 is 11.6 Å². The van der Waals surface area contributed by atoms with Gasteiger partial charge >= 0.3 is 0 Å². The van der Waals surface area contributed by atoms with E-state index in [0.29, 0.717) is 18.1 Å². The number of aryl methyl sites for hydroxylation is 1. The number of aromatic nitrogens is 2. The maximum absolute atomic E-state index is 9.56. The lowest BCUT2D eigenvalue weighted by atomic mass is 10.3. The van der Waals surface area contributed by atoms with E-state index in [0.717, 1.165) is 11.4 Å². The lowest BCUT2D eigenvalue weighted by Crippen LogP contribution is -2.28. The number of aliphatic hydroxyl groups is 1. The molecule has 1 aromatic rings. The Kier molecular flexibility index (Phi) is 3.92. The third-order valence-electron chi connectivity index (χ3n) is 2.12. The molecule has 4 nitrogen and oxygen atoms in total. The second kappa shape index (κ2) is 4.77. The SMILES string of the molecule is CNCC(O)Cn1nc(C)c(Cl)c1C. The molecule has 0 aliphatic carbocycles. The zero-order chi connectivity index (χ0) is 10.7. The number of nitrogens with zero attached hydrogens (tertiary/aromatic N) is 2. The number of nitrogens with one attached hydrogen (secondary N) is 1. The molecule has 0 fully saturated rings. The van der Waals surface area contributed by atoms with Gasteiger partial charge in [-0.1, -0.05) is 11.6 Å². The summed E-state index contributed by atoms with van der Waals surface area (Å²) in [5.41, 5.74) is 1.71. The quantitative estimate of drug-likeness (QED) is 0.782. The van der Waals surface area contributed by atoms with Crippen molar-refractivity contribution in [1.82, 2.24) is 15.1 Å². The van der Waals surface area contributed by atoms with E-state index in [1.165, 1.54) is 0 Å². The third kappa shape index (κ3) is 2.47. The highest BCUT2D eigenvalue weighted by atomic mass is 35.5. The van der Waals surface area contributed by atoms with Crippen LogP contribution in [0.4, 0.5) is 0 Å². The number of hydrogen-bond acceptors (Lipinski definition) is 3. The van der Waals surface area contributed by atoms with Gasteiger partial charge in [-0.25, -0.2) is 0 Å². The fraction of sp³-hybridized carbons (Fsp3) is 0.667. The molecule has 0 radical (unpaired) electrons. The maximum Gasteiger partial charge on any atom is 0.0860 e. The van der Waals surface area contributed by atoms with E-state index in [-0.39, 0.29) is 0 Å². The van der Waals surface area contributed by atoms with E-state index in [4.69, 9.17) is 11.6 Å². The molecular formula is C9H16ClN3O. The molecule has 1 aromatic heterocycles. The van der Waals surface area contributed by atoms with Crippen LogP contribution in [0.5, 0.6) is 0 Å². The predicted molar refractivity (Wildman–Crippen MR) is 56.6 cm³/mol. The van der Waals surface area contributed by atoms with Crippen LogP contribution in [0, 0.1) is 13.8 Å². The van der Waals surface area contributed by atoms with E-state index >= 15 is 0 Å². The van der Waals surface area contributed by atoms with Gasteiger partial charge in [-0.2, -0.15) is 5.10 Å². The molecule has 1 rings (SSSR count). The van der Waals surface area contributed by atoms with Crippen LogP contribution in [-0.2, 0) is 6.54 Å². The molecule has 0 spiro atoms. The topological polar surface area (TPSA) is 50.1 Å². The van der Waals surface area contributed by atoms with Crippen LogP contribution in [0.2, 0.25) is 5.02 Å². The first-order valence-electron chi connectivity index (χ1n) is 4.58. The Labute approximate surface area is 88.9 Å². The number of halogens is 1. The standard InChI is InChI=1S/C9H16ClN3O/c1-6-9(10)7(2)13(12-6)5-8(14)4-11-3/h8,11,14H,4-5H2,1-3H3. The van der Waals surface area contributed by atoms with Gasteiger partial charge in [0.1, 0.15) is 0 Å². The molecule has 0 aliphatic heterocycles. The van der Waals surface area contributed by atoms with Crippen LogP contribution in [0.25, 0.3) is 0 Å². The molecule has 1 unspecified atom stereocenters. The molecule has 0 aromatic carbocycles. The van der Waals surface area contributed by atoms with Crippen molar-refractivity contribution in [3.05, 3.63) is 16.4 Å². The minimum Gasteiger partial charge on any atom is -0.390 e. The number of hydrogen-bond donors (Lipinski definition) is 2. The molecule has 0 aliphatic rings. The summed E-state index contributed by atoms with van der Waals surface area (Å²) in [5, 5.41) is 17.4. The zero-order valence-electron chi connectivity index (χ0n) is 8.71. The van der Waals surface area contributed by atoms with Crippen LogP contribution in [0.3, 0.4) is 0 Å². The van der Waals surface area contributed by atoms with Gasteiger partial charge in [0.05, 0.1) is 29.1 Å². The van der Waals surface area contributed by atoms with Crippen molar-refractivity contribution in [2.75, 3.05) is 13.6 Å². The minimum absolute atomic E-state index is 0.436. The monoisotopic (exact) mass is 217 g/mol. The van der Waals surface area contributed by atoms with Crippen LogP contribution in [0.1, 0.15) is 11.4 Å². The first-order valence-corrected chi connectivity index (χ1v) is 4.96. The Balaban J connectivity index is 2.72. The molecule has 0 amide bonds. The first kappa shape index (κ1) is 11.5. The highest BCUT2D eigenvalue weighted by Gasteiger charge is 2.11. The first-order chi connectivity index (χ1) is 6.56. The Hall–Kier alpha value is -0.580. The number of rotatable bonds is 4. The summed E-state index contributed by atoms with van der Waals surface area (Å²) in [6, 6.07) is 0. The van der Waals surface area contributed by atoms with Gasteiger partial charge < -0.3 is 10.4 Å². The van der Waals surface area contributed by atoms with Crippen LogP contribution >= 0.6 is 11.6 Å². The highest BCUT2D eigenvalue weighted by molar-refractivity contribution is 6.31. The number of likely N-dealkylation sites (N-methyl/N-ethyl adjacent to an activating group) is 1. The van der Waals surface area contributed by atoms with Crippen molar-refractivity contribution in [1.29, 1.82) is 0 Å². The highest BCUT2D eigenvalue weighted by Crippen LogP contribution is 2.18. The molecule has 14 heavy (non-hydrogen) atoms. The second-order valence-corrected chi connectivity index (χ2v) is 3.76. The van der Waals surface area contributed by atoms with E-state index < -0.39 is 6.10 Å². The second-order valence-electron chi connectivity index (χ2n) is 3.38. The third-order valence-corrected chi connectivity index (χ3v) is 2.66. The van der Waals surface area contributed by atoms with Crippen molar-refractivity contribution < 1.29 is 5.11 Å². The molecule has 5 heteroatoms. The normalized spacial score (nSPS) is 13.2. The van der Waals surface area contributed by atoms with Gasteiger partial charge in [0.15, 0.2) is 0 Å². The smallest absolute Gasteiger partial charge is 0.0860 e. The maximum atomic E-state index is 9.56. The Morgan fingerprint density at radius 3 is 2.64 bits per heavy atom.